The third-order valence-corrected chi connectivity index (χ3v) is 4.09. The van der Waals surface area contributed by atoms with Crippen molar-refractivity contribution in [3.05, 3.63) is 18.2 Å². The zero-order chi connectivity index (χ0) is 16.7. The first-order chi connectivity index (χ1) is 11.1. The summed E-state index contributed by atoms with van der Waals surface area (Å²) in [4.78, 5) is 23.9. The molecule has 6 nitrogen and oxygen atoms in total. The summed E-state index contributed by atoms with van der Waals surface area (Å²) in [6.45, 7) is 0.304. The maximum Gasteiger partial charge on any atom is 0.227 e. The van der Waals surface area contributed by atoms with Gasteiger partial charge in [0.25, 0.3) is 0 Å². The quantitative estimate of drug-likeness (QED) is 0.751. The first kappa shape index (κ1) is 17.3. The maximum atomic E-state index is 12.3. The minimum Gasteiger partial charge on any atom is -0.494 e. The lowest BCUT2D eigenvalue weighted by atomic mass is 9.88. The summed E-state index contributed by atoms with van der Waals surface area (Å²) in [5.41, 5.74) is 6.60. The molecule has 0 bridgehead atoms. The Morgan fingerprint density at radius 1 is 1.22 bits per heavy atom. The minimum absolute atomic E-state index is 0.0444. The van der Waals surface area contributed by atoms with E-state index in [0.29, 0.717) is 23.7 Å². The lowest BCUT2D eigenvalue weighted by molar-refractivity contribution is -0.120. The van der Waals surface area contributed by atoms with Crippen LogP contribution in [-0.2, 0) is 9.59 Å². The molecule has 4 N–H and O–H groups in total. The summed E-state index contributed by atoms with van der Waals surface area (Å²) < 4.78 is 5.33. The lowest BCUT2D eigenvalue weighted by Gasteiger charge is -2.21. The van der Waals surface area contributed by atoms with Crippen molar-refractivity contribution in [2.45, 2.75) is 38.5 Å². The molecule has 1 aromatic rings. The first-order valence-corrected chi connectivity index (χ1v) is 8.13. The molecular weight excluding hydrogens is 294 g/mol. The fourth-order valence-electron chi connectivity index (χ4n) is 2.83. The summed E-state index contributed by atoms with van der Waals surface area (Å²) >= 11 is 0. The van der Waals surface area contributed by atoms with Crippen molar-refractivity contribution in [3.8, 4) is 5.75 Å². The number of hydrogen-bond donors (Lipinski definition) is 3. The average Bonchev–Trinajstić information content (AvgIpc) is 2.57. The van der Waals surface area contributed by atoms with E-state index in [-0.39, 0.29) is 24.2 Å². The fraction of sp³-hybridized carbons (Fsp3) is 0.529. The molecule has 0 saturated heterocycles. The molecular formula is C17H25N3O3. The number of amides is 2. The molecule has 126 valence electrons. The summed E-state index contributed by atoms with van der Waals surface area (Å²) in [6, 6.07) is 5.19. The topological polar surface area (TPSA) is 93.4 Å². The van der Waals surface area contributed by atoms with Crippen molar-refractivity contribution < 1.29 is 14.3 Å². The SMILES string of the molecule is COc1cc(NC(=O)CCN)ccc1NC(=O)C1CCCCC1. The molecule has 23 heavy (non-hydrogen) atoms. The van der Waals surface area contributed by atoms with Crippen LogP contribution in [0, 0.1) is 5.92 Å². The van der Waals surface area contributed by atoms with Crippen LogP contribution in [0.4, 0.5) is 11.4 Å². The van der Waals surface area contributed by atoms with E-state index >= 15 is 0 Å². The zero-order valence-corrected chi connectivity index (χ0v) is 13.6. The Balaban J connectivity index is 2.03. The van der Waals surface area contributed by atoms with E-state index < -0.39 is 0 Å². The minimum atomic E-state index is -0.145. The van der Waals surface area contributed by atoms with E-state index in [9.17, 15) is 9.59 Å². The van der Waals surface area contributed by atoms with Crippen LogP contribution in [0.1, 0.15) is 38.5 Å². The molecule has 0 radical (unpaired) electrons. The Morgan fingerprint density at radius 2 is 1.96 bits per heavy atom. The second-order valence-electron chi connectivity index (χ2n) is 5.83. The molecule has 0 aliphatic heterocycles. The van der Waals surface area contributed by atoms with Crippen LogP contribution in [0.25, 0.3) is 0 Å². The largest absolute Gasteiger partial charge is 0.494 e. The summed E-state index contributed by atoms with van der Waals surface area (Å²) in [5, 5.41) is 5.69. The van der Waals surface area contributed by atoms with Crippen molar-refractivity contribution in [1.29, 1.82) is 0 Å². The molecule has 0 heterocycles. The van der Waals surface area contributed by atoms with E-state index in [4.69, 9.17) is 10.5 Å². The van der Waals surface area contributed by atoms with Crippen molar-refractivity contribution in [2.24, 2.45) is 11.7 Å². The molecule has 0 atom stereocenters. The van der Waals surface area contributed by atoms with Crippen molar-refractivity contribution in [3.63, 3.8) is 0 Å². The molecule has 1 aromatic carbocycles. The summed E-state index contributed by atoms with van der Waals surface area (Å²) in [7, 11) is 1.54. The number of carbonyl (C=O) groups is 2. The van der Waals surface area contributed by atoms with Crippen LogP contribution in [0.15, 0.2) is 18.2 Å². The maximum absolute atomic E-state index is 12.3. The Hall–Kier alpha value is -2.08. The highest BCUT2D eigenvalue weighted by Gasteiger charge is 2.22. The highest BCUT2D eigenvalue weighted by molar-refractivity contribution is 5.95. The monoisotopic (exact) mass is 319 g/mol. The van der Waals surface area contributed by atoms with E-state index in [0.717, 1.165) is 25.7 Å². The van der Waals surface area contributed by atoms with Gasteiger partial charge in [0.15, 0.2) is 0 Å². The third-order valence-electron chi connectivity index (χ3n) is 4.09. The number of benzene rings is 1. The average molecular weight is 319 g/mol. The van der Waals surface area contributed by atoms with Gasteiger partial charge in [-0.05, 0) is 25.0 Å². The van der Waals surface area contributed by atoms with E-state index in [1.54, 1.807) is 18.2 Å². The van der Waals surface area contributed by atoms with Gasteiger partial charge in [0.2, 0.25) is 11.8 Å². The van der Waals surface area contributed by atoms with E-state index in [2.05, 4.69) is 10.6 Å². The Bertz CT molecular complexity index is 554. The molecule has 2 rings (SSSR count). The van der Waals surface area contributed by atoms with Crippen molar-refractivity contribution >= 4 is 23.2 Å². The predicted octanol–water partition coefficient (Wildman–Crippen LogP) is 2.50. The molecule has 0 aromatic heterocycles. The number of ether oxygens (including phenoxy) is 1. The summed E-state index contributed by atoms with van der Waals surface area (Å²) in [6.07, 6.45) is 5.60. The van der Waals surface area contributed by atoms with Crippen molar-refractivity contribution in [1.82, 2.24) is 0 Å². The smallest absolute Gasteiger partial charge is 0.227 e. The molecule has 1 fully saturated rings. The Labute approximate surface area is 136 Å². The van der Waals surface area contributed by atoms with Gasteiger partial charge in [0.1, 0.15) is 5.75 Å². The molecule has 1 aliphatic carbocycles. The number of methoxy groups -OCH3 is 1. The first-order valence-electron chi connectivity index (χ1n) is 8.13. The fourth-order valence-corrected chi connectivity index (χ4v) is 2.83. The van der Waals surface area contributed by atoms with Gasteiger partial charge < -0.3 is 21.1 Å². The van der Waals surface area contributed by atoms with Gasteiger partial charge in [-0.2, -0.15) is 0 Å². The highest BCUT2D eigenvalue weighted by Crippen LogP contribution is 2.30. The van der Waals surface area contributed by atoms with Gasteiger partial charge in [0.05, 0.1) is 12.8 Å². The second kappa shape index (κ2) is 8.53. The Kier molecular flexibility index (Phi) is 6.40. The van der Waals surface area contributed by atoms with Crippen LogP contribution in [0.5, 0.6) is 5.75 Å². The third kappa shape index (κ3) is 4.96. The number of rotatable bonds is 6. The molecule has 6 heteroatoms. The lowest BCUT2D eigenvalue weighted by Crippen LogP contribution is -2.25. The van der Waals surface area contributed by atoms with Crippen LogP contribution in [0.3, 0.4) is 0 Å². The number of nitrogens with two attached hydrogens (primary N) is 1. The zero-order valence-electron chi connectivity index (χ0n) is 13.6. The summed E-state index contributed by atoms with van der Waals surface area (Å²) in [5.74, 6) is 0.508. The van der Waals surface area contributed by atoms with Crippen LogP contribution >= 0.6 is 0 Å². The van der Waals surface area contributed by atoms with Gasteiger partial charge in [-0.3, -0.25) is 9.59 Å². The van der Waals surface area contributed by atoms with Gasteiger partial charge in [0, 0.05) is 30.6 Å². The standard InChI is InChI=1S/C17H25N3O3/c1-23-15-11-13(19-16(21)9-10-18)7-8-14(15)20-17(22)12-5-3-2-4-6-12/h7-8,11-12H,2-6,9-10,18H2,1H3,(H,19,21)(H,20,22). The number of carbonyl (C=O) groups excluding carboxylic acids is 2. The Morgan fingerprint density at radius 3 is 2.61 bits per heavy atom. The van der Waals surface area contributed by atoms with Gasteiger partial charge >= 0.3 is 0 Å². The number of hydrogen-bond acceptors (Lipinski definition) is 4. The van der Waals surface area contributed by atoms with Crippen LogP contribution in [0.2, 0.25) is 0 Å². The van der Waals surface area contributed by atoms with Gasteiger partial charge in [-0.15, -0.1) is 0 Å². The van der Waals surface area contributed by atoms with Gasteiger partial charge in [-0.25, -0.2) is 0 Å². The molecule has 0 unspecified atom stereocenters. The molecule has 0 spiro atoms. The van der Waals surface area contributed by atoms with Gasteiger partial charge in [-0.1, -0.05) is 19.3 Å². The van der Waals surface area contributed by atoms with Crippen LogP contribution in [-0.4, -0.2) is 25.5 Å². The molecule has 1 aliphatic rings. The van der Waals surface area contributed by atoms with E-state index in [1.165, 1.54) is 13.5 Å². The second-order valence-corrected chi connectivity index (χ2v) is 5.83. The van der Waals surface area contributed by atoms with Crippen LogP contribution < -0.4 is 21.1 Å². The normalized spacial score (nSPS) is 15.0. The van der Waals surface area contributed by atoms with E-state index in [1.807, 2.05) is 0 Å². The number of anilines is 2. The predicted molar refractivity (Wildman–Crippen MR) is 90.5 cm³/mol. The van der Waals surface area contributed by atoms with Crippen molar-refractivity contribution in [2.75, 3.05) is 24.3 Å². The number of nitrogens with one attached hydrogen (secondary N) is 2. The molecule has 2 amide bonds. The molecule has 1 saturated carbocycles. The highest BCUT2D eigenvalue weighted by atomic mass is 16.5.